The van der Waals surface area contributed by atoms with E-state index in [-0.39, 0.29) is 0 Å². The Morgan fingerprint density at radius 2 is 2.00 bits per heavy atom. The van der Waals surface area contributed by atoms with Gasteiger partial charge >= 0.3 is 12.1 Å². The van der Waals surface area contributed by atoms with Crippen LogP contribution in [0.3, 0.4) is 0 Å². The van der Waals surface area contributed by atoms with Crippen LogP contribution in [0.4, 0.5) is 13.2 Å². The van der Waals surface area contributed by atoms with Crippen molar-refractivity contribution in [1.29, 1.82) is 0 Å². The second kappa shape index (κ2) is 4.77. The van der Waals surface area contributed by atoms with E-state index in [2.05, 4.69) is 4.42 Å². The Morgan fingerprint density at radius 1 is 1.40 bits per heavy atom. The maximum absolute atomic E-state index is 12.4. The highest BCUT2D eigenvalue weighted by molar-refractivity contribution is 7.89. The molecule has 1 aliphatic carbocycles. The van der Waals surface area contributed by atoms with Crippen LogP contribution >= 0.6 is 0 Å². The Balaban J connectivity index is 2.32. The second-order valence-electron chi connectivity index (χ2n) is 4.32. The number of nitrogens with zero attached hydrogens (tertiary/aromatic N) is 1. The van der Waals surface area contributed by atoms with Crippen LogP contribution < -0.4 is 0 Å². The first-order chi connectivity index (χ1) is 9.11. The largest absolute Gasteiger partial charge is 0.475 e. The van der Waals surface area contributed by atoms with Crippen molar-refractivity contribution in [3.05, 3.63) is 17.9 Å². The summed E-state index contributed by atoms with van der Waals surface area (Å²) >= 11 is 0. The van der Waals surface area contributed by atoms with Gasteiger partial charge in [-0.2, -0.15) is 17.5 Å². The maximum atomic E-state index is 12.4. The summed E-state index contributed by atoms with van der Waals surface area (Å²) in [6.45, 7) is -1.62. The van der Waals surface area contributed by atoms with Crippen LogP contribution in [-0.2, 0) is 10.0 Å². The number of carboxylic acids is 1. The molecule has 0 unspecified atom stereocenters. The number of aromatic carboxylic acids is 1. The summed E-state index contributed by atoms with van der Waals surface area (Å²) in [5, 5.41) is 7.83. The standard InChI is InChI=1S/C10H10F3NO5S/c11-10(12,13)5-14(6-1-2-6)20(17,18)8-4-3-7(19-8)9(15)16/h3-4,6H,1-2,5H2,(H,15,16). The smallest absolute Gasteiger partial charge is 0.402 e. The minimum Gasteiger partial charge on any atom is -0.475 e. The Bertz CT molecular complexity index is 617. The van der Waals surface area contributed by atoms with Gasteiger partial charge in [0.15, 0.2) is 0 Å². The van der Waals surface area contributed by atoms with Crippen molar-refractivity contribution in [1.82, 2.24) is 4.31 Å². The molecule has 0 atom stereocenters. The molecule has 112 valence electrons. The molecule has 1 aliphatic rings. The Labute approximate surface area is 111 Å². The lowest BCUT2D eigenvalue weighted by Crippen LogP contribution is -2.40. The fourth-order valence-electron chi connectivity index (χ4n) is 1.64. The number of carboxylic acid groups (broad SMARTS) is 1. The topological polar surface area (TPSA) is 87.8 Å². The normalized spacial score (nSPS) is 16.6. The van der Waals surface area contributed by atoms with Crippen molar-refractivity contribution < 1.29 is 35.9 Å². The lowest BCUT2D eigenvalue weighted by atomic mass is 10.5. The van der Waals surface area contributed by atoms with Crippen molar-refractivity contribution in [2.45, 2.75) is 30.2 Å². The molecule has 0 amide bonds. The van der Waals surface area contributed by atoms with E-state index in [0.717, 1.165) is 12.1 Å². The number of furan rings is 1. The molecular weight excluding hydrogens is 303 g/mol. The summed E-state index contributed by atoms with van der Waals surface area (Å²) in [6.07, 6.45) is -4.01. The van der Waals surface area contributed by atoms with Gasteiger partial charge in [0.25, 0.3) is 10.0 Å². The molecule has 20 heavy (non-hydrogen) atoms. The molecule has 10 heteroatoms. The number of carbonyl (C=O) groups is 1. The third kappa shape index (κ3) is 3.12. The molecule has 0 aliphatic heterocycles. The van der Waals surface area contributed by atoms with Crippen LogP contribution in [0.5, 0.6) is 0 Å². The highest BCUT2D eigenvalue weighted by Gasteiger charge is 2.45. The van der Waals surface area contributed by atoms with Crippen LogP contribution in [0.15, 0.2) is 21.6 Å². The van der Waals surface area contributed by atoms with Crippen LogP contribution in [0.25, 0.3) is 0 Å². The van der Waals surface area contributed by atoms with Gasteiger partial charge in [-0.15, -0.1) is 0 Å². The van der Waals surface area contributed by atoms with Gasteiger partial charge in [0.2, 0.25) is 10.9 Å². The predicted octanol–water partition coefficient (Wildman–Crippen LogP) is 1.69. The fourth-order valence-corrected chi connectivity index (χ4v) is 3.22. The average Bonchev–Trinajstić information content (AvgIpc) is 2.99. The van der Waals surface area contributed by atoms with E-state index < -0.39 is 45.6 Å². The Kier molecular flexibility index (Phi) is 3.54. The number of sulfonamides is 1. The zero-order valence-electron chi connectivity index (χ0n) is 9.92. The predicted molar refractivity (Wildman–Crippen MR) is 58.6 cm³/mol. The lowest BCUT2D eigenvalue weighted by molar-refractivity contribution is -0.137. The monoisotopic (exact) mass is 313 g/mol. The summed E-state index contributed by atoms with van der Waals surface area (Å²) in [5.74, 6) is -2.15. The molecule has 0 aromatic carbocycles. The van der Waals surface area contributed by atoms with Gasteiger partial charge in [0.05, 0.1) is 0 Å². The number of alkyl halides is 3. The summed E-state index contributed by atoms with van der Waals surface area (Å²) in [4.78, 5) is 10.6. The van der Waals surface area contributed by atoms with Crippen molar-refractivity contribution in [3.63, 3.8) is 0 Å². The van der Waals surface area contributed by atoms with Crippen LogP contribution in [0.1, 0.15) is 23.4 Å². The molecule has 2 rings (SSSR count). The van der Waals surface area contributed by atoms with Gasteiger partial charge in [-0.25, -0.2) is 13.2 Å². The van der Waals surface area contributed by atoms with Crippen LogP contribution in [0.2, 0.25) is 0 Å². The first kappa shape index (κ1) is 14.9. The zero-order chi connectivity index (χ0) is 15.1. The first-order valence-electron chi connectivity index (χ1n) is 5.53. The van der Waals surface area contributed by atoms with E-state index in [1.807, 2.05) is 0 Å². The van der Waals surface area contributed by atoms with Gasteiger partial charge in [0.1, 0.15) is 6.54 Å². The maximum Gasteiger partial charge on any atom is 0.402 e. The molecule has 1 N–H and O–H groups in total. The van der Waals surface area contributed by atoms with E-state index >= 15 is 0 Å². The van der Waals surface area contributed by atoms with Gasteiger partial charge in [-0.3, -0.25) is 0 Å². The molecule has 0 saturated heterocycles. The van der Waals surface area contributed by atoms with E-state index in [1.54, 1.807) is 0 Å². The third-order valence-corrected chi connectivity index (χ3v) is 4.42. The highest BCUT2D eigenvalue weighted by Crippen LogP contribution is 2.35. The van der Waals surface area contributed by atoms with E-state index in [9.17, 15) is 26.4 Å². The summed E-state index contributed by atoms with van der Waals surface area (Å²) in [6, 6.07) is 0.998. The van der Waals surface area contributed by atoms with E-state index in [4.69, 9.17) is 5.11 Å². The van der Waals surface area contributed by atoms with Gasteiger partial charge in [-0.05, 0) is 25.0 Å². The molecule has 1 aromatic heterocycles. The number of hydrogen-bond donors (Lipinski definition) is 1. The van der Waals surface area contributed by atoms with E-state index in [0.29, 0.717) is 17.1 Å². The molecular formula is C10H10F3NO5S. The average molecular weight is 313 g/mol. The number of rotatable bonds is 5. The van der Waals surface area contributed by atoms with Crippen molar-refractivity contribution >= 4 is 16.0 Å². The minimum absolute atomic E-state index is 0.303. The SMILES string of the molecule is O=C(O)c1ccc(S(=O)(=O)N(CC(F)(F)F)C2CC2)o1. The zero-order valence-corrected chi connectivity index (χ0v) is 10.7. The third-order valence-electron chi connectivity index (χ3n) is 2.64. The number of hydrogen-bond acceptors (Lipinski definition) is 4. The molecule has 0 bridgehead atoms. The molecule has 6 nitrogen and oxygen atoms in total. The fraction of sp³-hybridized carbons (Fsp3) is 0.500. The number of halogens is 3. The Hall–Kier alpha value is -1.55. The van der Waals surface area contributed by atoms with Crippen LogP contribution in [-0.4, -0.2) is 42.6 Å². The molecule has 1 aromatic rings. The lowest BCUT2D eigenvalue weighted by Gasteiger charge is -2.21. The minimum atomic E-state index is -4.68. The first-order valence-corrected chi connectivity index (χ1v) is 6.97. The quantitative estimate of drug-likeness (QED) is 0.894. The molecule has 1 saturated carbocycles. The Morgan fingerprint density at radius 3 is 2.40 bits per heavy atom. The summed E-state index contributed by atoms with van der Waals surface area (Å²) in [5.41, 5.74) is 0. The van der Waals surface area contributed by atoms with Gasteiger partial charge in [0, 0.05) is 6.04 Å². The van der Waals surface area contributed by atoms with Crippen LogP contribution in [0, 0.1) is 0 Å². The summed E-state index contributed by atoms with van der Waals surface area (Å²) in [7, 11) is -4.50. The van der Waals surface area contributed by atoms with Crippen molar-refractivity contribution in [2.75, 3.05) is 6.54 Å². The van der Waals surface area contributed by atoms with Crippen molar-refractivity contribution in [3.8, 4) is 0 Å². The highest BCUT2D eigenvalue weighted by atomic mass is 32.2. The molecule has 1 heterocycles. The second-order valence-corrected chi connectivity index (χ2v) is 6.14. The summed E-state index contributed by atoms with van der Waals surface area (Å²) < 4.78 is 66.4. The van der Waals surface area contributed by atoms with Gasteiger partial charge < -0.3 is 9.52 Å². The van der Waals surface area contributed by atoms with Gasteiger partial charge in [-0.1, -0.05) is 0 Å². The van der Waals surface area contributed by atoms with Crippen molar-refractivity contribution in [2.24, 2.45) is 0 Å². The molecule has 1 fully saturated rings. The van der Waals surface area contributed by atoms with E-state index in [1.165, 1.54) is 0 Å². The molecule has 0 radical (unpaired) electrons. The molecule has 0 spiro atoms.